The van der Waals surface area contributed by atoms with Gasteiger partial charge in [-0.2, -0.15) is 5.10 Å². The largest absolute Gasteiger partial charge is 0.302 e. The number of fused-ring (bicyclic) bond motifs is 1. The maximum Gasteiger partial charge on any atom is 0.215 e. The number of amides is 1. The molecule has 0 saturated heterocycles. The third-order valence-corrected chi connectivity index (χ3v) is 3.81. The average Bonchev–Trinajstić information content (AvgIpc) is 2.81. The molecule has 2 heterocycles. The van der Waals surface area contributed by atoms with E-state index in [9.17, 15) is 4.79 Å². The first kappa shape index (κ1) is 15.4. The predicted octanol–water partition coefficient (Wildman–Crippen LogP) is 1.65. The molecule has 0 aromatic carbocycles. The molecule has 6 nitrogen and oxygen atoms in total. The Morgan fingerprint density at radius 3 is 2.67 bits per heavy atom. The molecule has 2 aromatic heterocycles. The SMILES string of the molecule is Cc1cnn2c(C)cc(N(C=O)CCN(C)C(C)C)nc12. The molecule has 0 aliphatic rings. The third-order valence-electron chi connectivity index (χ3n) is 3.81. The molecule has 6 heteroatoms. The van der Waals surface area contributed by atoms with Crippen molar-refractivity contribution in [1.29, 1.82) is 0 Å². The van der Waals surface area contributed by atoms with Crippen molar-refractivity contribution in [3.05, 3.63) is 23.5 Å². The maximum atomic E-state index is 11.4. The van der Waals surface area contributed by atoms with Gasteiger partial charge in [-0.1, -0.05) is 0 Å². The van der Waals surface area contributed by atoms with E-state index in [2.05, 4.69) is 35.9 Å². The lowest BCUT2D eigenvalue weighted by atomic mass is 10.3. The molecule has 2 rings (SSSR count). The average molecular weight is 289 g/mol. The molecule has 0 radical (unpaired) electrons. The highest BCUT2D eigenvalue weighted by Gasteiger charge is 2.13. The molecule has 0 aliphatic carbocycles. The highest BCUT2D eigenvalue weighted by atomic mass is 16.1. The first-order valence-electron chi connectivity index (χ1n) is 7.18. The van der Waals surface area contributed by atoms with E-state index in [0.29, 0.717) is 18.4 Å². The lowest BCUT2D eigenvalue weighted by Gasteiger charge is -2.24. The Morgan fingerprint density at radius 1 is 1.33 bits per heavy atom. The Balaban J connectivity index is 2.25. The van der Waals surface area contributed by atoms with Crippen LogP contribution in [0, 0.1) is 13.8 Å². The summed E-state index contributed by atoms with van der Waals surface area (Å²) in [5.74, 6) is 0.677. The van der Waals surface area contributed by atoms with Crippen LogP contribution in [0.5, 0.6) is 0 Å². The van der Waals surface area contributed by atoms with Crippen LogP contribution in [-0.4, -0.2) is 52.1 Å². The summed E-state index contributed by atoms with van der Waals surface area (Å²) in [4.78, 5) is 19.8. The summed E-state index contributed by atoms with van der Waals surface area (Å²) in [6.45, 7) is 9.63. The zero-order chi connectivity index (χ0) is 15.6. The van der Waals surface area contributed by atoms with Gasteiger partial charge in [0.2, 0.25) is 6.41 Å². The van der Waals surface area contributed by atoms with Crippen molar-refractivity contribution in [2.24, 2.45) is 0 Å². The van der Waals surface area contributed by atoms with Crippen molar-refractivity contribution in [1.82, 2.24) is 19.5 Å². The van der Waals surface area contributed by atoms with Crippen molar-refractivity contribution in [3.63, 3.8) is 0 Å². The van der Waals surface area contributed by atoms with Crippen LogP contribution >= 0.6 is 0 Å². The van der Waals surface area contributed by atoms with E-state index in [1.165, 1.54) is 0 Å². The van der Waals surface area contributed by atoms with E-state index in [4.69, 9.17) is 0 Å². The van der Waals surface area contributed by atoms with E-state index in [1.54, 1.807) is 15.6 Å². The van der Waals surface area contributed by atoms with Gasteiger partial charge in [0.1, 0.15) is 5.82 Å². The summed E-state index contributed by atoms with van der Waals surface area (Å²) >= 11 is 0. The number of anilines is 1. The second kappa shape index (κ2) is 6.22. The number of likely N-dealkylation sites (N-methyl/N-ethyl adjacent to an activating group) is 1. The molecule has 1 amide bonds. The van der Waals surface area contributed by atoms with Crippen LogP contribution in [0.1, 0.15) is 25.1 Å². The first-order chi connectivity index (χ1) is 9.93. The third kappa shape index (κ3) is 3.21. The van der Waals surface area contributed by atoms with Crippen molar-refractivity contribution >= 4 is 17.9 Å². The zero-order valence-electron chi connectivity index (χ0n) is 13.4. The standard InChI is InChI=1S/C15H23N5O/c1-11(2)18(5)6-7-19(10-21)14-8-13(4)20-15(17-14)12(3)9-16-20/h8-11H,6-7H2,1-5H3. The van der Waals surface area contributed by atoms with Crippen LogP contribution in [0.4, 0.5) is 5.82 Å². The smallest absolute Gasteiger partial charge is 0.215 e. The quantitative estimate of drug-likeness (QED) is 0.759. The lowest BCUT2D eigenvalue weighted by Crippen LogP contribution is -2.36. The minimum Gasteiger partial charge on any atom is -0.302 e. The first-order valence-corrected chi connectivity index (χ1v) is 7.18. The topological polar surface area (TPSA) is 53.7 Å². The van der Waals surface area contributed by atoms with Crippen LogP contribution < -0.4 is 4.90 Å². The van der Waals surface area contributed by atoms with Crippen LogP contribution in [0.3, 0.4) is 0 Å². The summed E-state index contributed by atoms with van der Waals surface area (Å²) in [7, 11) is 2.05. The van der Waals surface area contributed by atoms with E-state index in [-0.39, 0.29) is 0 Å². The molecule has 0 fully saturated rings. The van der Waals surface area contributed by atoms with Crippen molar-refractivity contribution < 1.29 is 4.79 Å². The number of hydrogen-bond acceptors (Lipinski definition) is 4. The Bertz CT molecular complexity index is 634. The fraction of sp³-hybridized carbons (Fsp3) is 0.533. The Kier molecular flexibility index (Phi) is 4.57. The van der Waals surface area contributed by atoms with Crippen molar-refractivity contribution in [2.45, 2.75) is 33.7 Å². The Labute approximate surface area is 125 Å². The molecule has 0 aliphatic heterocycles. The number of carbonyl (C=O) groups excluding carboxylic acids is 1. The molecule has 0 N–H and O–H groups in total. The number of hydrogen-bond donors (Lipinski definition) is 0. The Morgan fingerprint density at radius 2 is 2.05 bits per heavy atom. The van der Waals surface area contributed by atoms with Gasteiger partial charge in [0.05, 0.1) is 6.20 Å². The normalized spacial score (nSPS) is 11.6. The van der Waals surface area contributed by atoms with Gasteiger partial charge in [-0.3, -0.25) is 9.69 Å². The minimum atomic E-state index is 0.452. The number of rotatable bonds is 6. The van der Waals surface area contributed by atoms with Gasteiger partial charge < -0.3 is 4.90 Å². The fourth-order valence-corrected chi connectivity index (χ4v) is 2.10. The molecule has 0 saturated carbocycles. The molecule has 21 heavy (non-hydrogen) atoms. The monoisotopic (exact) mass is 289 g/mol. The number of nitrogens with zero attached hydrogens (tertiary/aromatic N) is 5. The van der Waals surface area contributed by atoms with E-state index >= 15 is 0 Å². The molecule has 0 atom stereocenters. The lowest BCUT2D eigenvalue weighted by molar-refractivity contribution is -0.107. The van der Waals surface area contributed by atoms with E-state index in [1.807, 2.05) is 19.9 Å². The van der Waals surface area contributed by atoms with Crippen LogP contribution in [0.15, 0.2) is 12.3 Å². The van der Waals surface area contributed by atoms with Crippen LogP contribution in [0.25, 0.3) is 5.65 Å². The van der Waals surface area contributed by atoms with Gasteiger partial charge in [0.25, 0.3) is 0 Å². The minimum absolute atomic E-state index is 0.452. The number of aryl methyl sites for hydroxylation is 2. The van der Waals surface area contributed by atoms with Gasteiger partial charge in [0, 0.05) is 36.5 Å². The second-order valence-electron chi connectivity index (χ2n) is 5.69. The Hall–Kier alpha value is -1.95. The van der Waals surface area contributed by atoms with Gasteiger partial charge in [0.15, 0.2) is 5.65 Å². The van der Waals surface area contributed by atoms with Gasteiger partial charge in [-0.25, -0.2) is 9.50 Å². The van der Waals surface area contributed by atoms with Crippen LogP contribution in [-0.2, 0) is 4.79 Å². The fourth-order valence-electron chi connectivity index (χ4n) is 2.10. The molecule has 0 unspecified atom stereocenters. The summed E-state index contributed by atoms with van der Waals surface area (Å²) in [6, 6.07) is 2.34. The number of carbonyl (C=O) groups is 1. The highest BCUT2D eigenvalue weighted by molar-refractivity contribution is 5.74. The van der Waals surface area contributed by atoms with E-state index in [0.717, 1.165) is 29.9 Å². The summed E-state index contributed by atoms with van der Waals surface area (Å²) < 4.78 is 1.79. The van der Waals surface area contributed by atoms with E-state index < -0.39 is 0 Å². The highest BCUT2D eigenvalue weighted by Crippen LogP contribution is 2.16. The molecular formula is C15H23N5O. The van der Waals surface area contributed by atoms with Gasteiger partial charge in [-0.15, -0.1) is 0 Å². The van der Waals surface area contributed by atoms with Gasteiger partial charge in [-0.05, 0) is 34.7 Å². The molecule has 0 bridgehead atoms. The van der Waals surface area contributed by atoms with Gasteiger partial charge >= 0.3 is 0 Å². The molecular weight excluding hydrogens is 266 g/mol. The maximum absolute atomic E-state index is 11.4. The molecule has 114 valence electrons. The van der Waals surface area contributed by atoms with Crippen molar-refractivity contribution in [3.8, 4) is 0 Å². The predicted molar refractivity (Wildman–Crippen MR) is 83.6 cm³/mol. The summed E-state index contributed by atoms with van der Waals surface area (Å²) in [5, 5.41) is 4.28. The van der Waals surface area contributed by atoms with Crippen molar-refractivity contribution in [2.75, 3.05) is 25.0 Å². The summed E-state index contributed by atoms with van der Waals surface area (Å²) in [5.41, 5.74) is 2.77. The zero-order valence-corrected chi connectivity index (χ0v) is 13.4. The molecule has 2 aromatic rings. The molecule has 0 spiro atoms. The number of aromatic nitrogens is 3. The second-order valence-corrected chi connectivity index (χ2v) is 5.69. The summed E-state index contributed by atoms with van der Waals surface area (Å²) in [6.07, 6.45) is 2.63. The van der Waals surface area contributed by atoms with Crippen LogP contribution in [0.2, 0.25) is 0 Å².